The van der Waals surface area contributed by atoms with Crippen molar-refractivity contribution in [1.29, 1.82) is 0 Å². The molecule has 150 valence electrons. The minimum Gasteiger partial charge on any atom is -0.461 e. The Morgan fingerprint density at radius 3 is 2.79 bits per heavy atom. The maximum atomic E-state index is 12.6. The van der Waals surface area contributed by atoms with Crippen molar-refractivity contribution < 1.29 is 14.3 Å². The number of hydrogen-bond donors (Lipinski definition) is 2. The van der Waals surface area contributed by atoms with E-state index in [2.05, 4.69) is 22.7 Å². The molecule has 2 aromatic rings. The lowest BCUT2D eigenvalue weighted by molar-refractivity contribution is -0.117. The molecule has 3 rings (SSSR count). The largest absolute Gasteiger partial charge is 0.461 e. The van der Waals surface area contributed by atoms with Crippen LogP contribution in [-0.2, 0) is 9.53 Å². The van der Waals surface area contributed by atoms with Crippen molar-refractivity contribution in [1.82, 2.24) is 15.1 Å². The molecule has 0 aliphatic carbocycles. The van der Waals surface area contributed by atoms with Gasteiger partial charge in [-0.1, -0.05) is 19.1 Å². The van der Waals surface area contributed by atoms with Crippen LogP contribution in [0.4, 0.5) is 5.69 Å². The van der Waals surface area contributed by atoms with Crippen LogP contribution in [0.25, 0.3) is 5.69 Å². The molecule has 0 spiro atoms. The minimum absolute atomic E-state index is 0.00347. The molecule has 1 saturated heterocycles. The van der Waals surface area contributed by atoms with E-state index in [-0.39, 0.29) is 11.6 Å². The summed E-state index contributed by atoms with van der Waals surface area (Å²) in [6.45, 7) is 6.27. The molecule has 1 aliphatic heterocycles. The van der Waals surface area contributed by atoms with E-state index in [1.54, 1.807) is 23.9 Å². The molecule has 2 heterocycles. The summed E-state index contributed by atoms with van der Waals surface area (Å²) >= 11 is 0. The van der Waals surface area contributed by atoms with Crippen molar-refractivity contribution in [3.63, 3.8) is 0 Å². The Hall–Kier alpha value is -2.67. The normalized spacial score (nSPS) is 15.8. The summed E-state index contributed by atoms with van der Waals surface area (Å²) in [6.07, 6.45) is 4.42. The highest BCUT2D eigenvalue weighted by molar-refractivity contribution is 5.93. The van der Waals surface area contributed by atoms with E-state index in [0.29, 0.717) is 36.2 Å². The minimum atomic E-state index is -0.460. The lowest BCUT2D eigenvalue weighted by atomic mass is 9.84. The molecular weight excluding hydrogens is 356 g/mol. The van der Waals surface area contributed by atoms with Crippen LogP contribution in [0, 0.1) is 11.8 Å². The SMILES string of the molecule is CCOC(=O)c1ccn(-c2ccccc2NC(=O)CC(C)C2CCNCC2)n1. The number of carbonyl (C=O) groups excluding carboxylic acids is 2. The van der Waals surface area contributed by atoms with Gasteiger partial charge in [-0.15, -0.1) is 0 Å². The second-order valence-corrected chi connectivity index (χ2v) is 7.20. The highest BCUT2D eigenvalue weighted by Crippen LogP contribution is 2.26. The first-order valence-corrected chi connectivity index (χ1v) is 9.91. The van der Waals surface area contributed by atoms with Gasteiger partial charge in [-0.25, -0.2) is 9.48 Å². The molecule has 1 atom stereocenters. The van der Waals surface area contributed by atoms with Gasteiger partial charge in [0.25, 0.3) is 0 Å². The summed E-state index contributed by atoms with van der Waals surface area (Å²) < 4.78 is 6.57. The highest BCUT2D eigenvalue weighted by atomic mass is 16.5. The van der Waals surface area contributed by atoms with Gasteiger partial charge in [0.05, 0.1) is 18.0 Å². The third-order valence-electron chi connectivity index (χ3n) is 5.19. The van der Waals surface area contributed by atoms with Gasteiger partial charge in [0.15, 0.2) is 5.69 Å². The van der Waals surface area contributed by atoms with E-state index < -0.39 is 5.97 Å². The molecule has 1 fully saturated rings. The zero-order chi connectivity index (χ0) is 19.9. The second-order valence-electron chi connectivity index (χ2n) is 7.20. The van der Waals surface area contributed by atoms with E-state index in [9.17, 15) is 9.59 Å². The lowest BCUT2D eigenvalue weighted by Gasteiger charge is -2.28. The molecule has 0 bridgehead atoms. The molecule has 1 aliphatic rings. The Bertz CT molecular complexity index is 811. The van der Waals surface area contributed by atoms with Gasteiger partial charge in [-0.05, 0) is 62.9 Å². The van der Waals surface area contributed by atoms with Gasteiger partial charge in [0.1, 0.15) is 0 Å². The molecule has 7 heteroatoms. The average molecular weight is 384 g/mol. The van der Waals surface area contributed by atoms with Crippen LogP contribution >= 0.6 is 0 Å². The van der Waals surface area contributed by atoms with Crippen LogP contribution < -0.4 is 10.6 Å². The molecule has 1 aromatic carbocycles. The number of piperidine rings is 1. The van der Waals surface area contributed by atoms with Crippen molar-refractivity contribution in [3.05, 3.63) is 42.2 Å². The predicted molar refractivity (Wildman–Crippen MR) is 108 cm³/mol. The van der Waals surface area contributed by atoms with Gasteiger partial charge in [-0.3, -0.25) is 4.79 Å². The number of nitrogens with zero attached hydrogens (tertiary/aromatic N) is 2. The fraction of sp³-hybridized carbons (Fsp3) is 0.476. The molecule has 0 radical (unpaired) electrons. The van der Waals surface area contributed by atoms with Gasteiger partial charge in [0.2, 0.25) is 5.91 Å². The maximum absolute atomic E-state index is 12.6. The first kappa shape index (κ1) is 20.1. The number of hydrogen-bond acceptors (Lipinski definition) is 5. The van der Waals surface area contributed by atoms with Crippen molar-refractivity contribution >= 4 is 17.6 Å². The Morgan fingerprint density at radius 2 is 2.04 bits per heavy atom. The summed E-state index contributed by atoms with van der Waals surface area (Å²) in [5.74, 6) is 0.463. The Labute approximate surface area is 165 Å². The number of aromatic nitrogens is 2. The number of ether oxygens (including phenoxy) is 1. The fourth-order valence-corrected chi connectivity index (χ4v) is 3.62. The van der Waals surface area contributed by atoms with E-state index in [4.69, 9.17) is 4.74 Å². The molecular formula is C21H28N4O3. The van der Waals surface area contributed by atoms with E-state index in [0.717, 1.165) is 25.9 Å². The van der Waals surface area contributed by atoms with Crippen LogP contribution in [0.15, 0.2) is 36.5 Å². The quantitative estimate of drug-likeness (QED) is 0.717. The maximum Gasteiger partial charge on any atom is 0.358 e. The standard InChI is InChI=1S/C21H28N4O3/c1-3-28-21(27)18-10-13-25(24-18)19-7-5-4-6-17(19)23-20(26)14-15(2)16-8-11-22-12-9-16/h4-7,10,13,15-16,22H,3,8-9,11-12,14H2,1-2H3,(H,23,26). The smallest absolute Gasteiger partial charge is 0.358 e. The Morgan fingerprint density at radius 1 is 1.29 bits per heavy atom. The zero-order valence-corrected chi connectivity index (χ0v) is 16.5. The number of amides is 1. The molecule has 2 N–H and O–H groups in total. The second kappa shape index (κ2) is 9.50. The van der Waals surface area contributed by atoms with Gasteiger partial charge < -0.3 is 15.4 Å². The number of anilines is 1. The summed E-state index contributed by atoms with van der Waals surface area (Å²) in [5, 5.41) is 10.7. The summed E-state index contributed by atoms with van der Waals surface area (Å²) in [7, 11) is 0. The van der Waals surface area contributed by atoms with Crippen LogP contribution in [0.1, 0.15) is 43.6 Å². The van der Waals surface area contributed by atoms with E-state index >= 15 is 0 Å². The van der Waals surface area contributed by atoms with Crippen molar-refractivity contribution in [2.75, 3.05) is 25.0 Å². The molecule has 1 amide bonds. The number of benzene rings is 1. The molecule has 1 aromatic heterocycles. The van der Waals surface area contributed by atoms with Crippen molar-refractivity contribution in [2.45, 2.75) is 33.1 Å². The van der Waals surface area contributed by atoms with E-state index in [1.165, 1.54) is 0 Å². The third kappa shape index (κ3) is 4.98. The van der Waals surface area contributed by atoms with Gasteiger partial charge in [0, 0.05) is 12.6 Å². The van der Waals surface area contributed by atoms with Crippen LogP contribution in [0.2, 0.25) is 0 Å². The molecule has 7 nitrogen and oxygen atoms in total. The molecule has 1 unspecified atom stereocenters. The van der Waals surface area contributed by atoms with Gasteiger partial charge >= 0.3 is 5.97 Å². The number of carbonyl (C=O) groups is 2. The first-order valence-electron chi connectivity index (χ1n) is 9.91. The summed E-state index contributed by atoms with van der Waals surface area (Å²) in [6, 6.07) is 9.04. The van der Waals surface area contributed by atoms with E-state index in [1.807, 2.05) is 24.3 Å². The summed E-state index contributed by atoms with van der Waals surface area (Å²) in [5.41, 5.74) is 1.62. The van der Waals surface area contributed by atoms with Gasteiger partial charge in [-0.2, -0.15) is 5.10 Å². The van der Waals surface area contributed by atoms with Crippen LogP contribution in [-0.4, -0.2) is 41.4 Å². The number of nitrogens with one attached hydrogen (secondary N) is 2. The van der Waals surface area contributed by atoms with Crippen LogP contribution in [0.3, 0.4) is 0 Å². The monoisotopic (exact) mass is 384 g/mol. The number of rotatable bonds is 7. The Kier molecular flexibility index (Phi) is 6.81. The molecule has 0 saturated carbocycles. The van der Waals surface area contributed by atoms with Crippen molar-refractivity contribution in [3.8, 4) is 5.69 Å². The molecule has 28 heavy (non-hydrogen) atoms. The average Bonchev–Trinajstić information content (AvgIpc) is 3.19. The first-order chi connectivity index (χ1) is 13.6. The number of esters is 1. The predicted octanol–water partition coefficient (Wildman–Crippen LogP) is 3.01. The fourth-order valence-electron chi connectivity index (χ4n) is 3.62. The lowest BCUT2D eigenvalue weighted by Crippen LogP contribution is -2.32. The highest BCUT2D eigenvalue weighted by Gasteiger charge is 2.22. The van der Waals surface area contributed by atoms with Crippen molar-refractivity contribution in [2.24, 2.45) is 11.8 Å². The number of para-hydroxylation sites is 2. The van der Waals surface area contributed by atoms with Crippen LogP contribution in [0.5, 0.6) is 0 Å². The Balaban J connectivity index is 1.68. The summed E-state index contributed by atoms with van der Waals surface area (Å²) in [4.78, 5) is 24.5. The zero-order valence-electron chi connectivity index (χ0n) is 16.5. The third-order valence-corrected chi connectivity index (χ3v) is 5.19. The topological polar surface area (TPSA) is 85.2 Å².